The van der Waals surface area contributed by atoms with Crippen LogP contribution in [-0.2, 0) is 4.79 Å². The summed E-state index contributed by atoms with van der Waals surface area (Å²) in [6.07, 6.45) is 1.63. The summed E-state index contributed by atoms with van der Waals surface area (Å²) in [5, 5.41) is 5.57. The minimum absolute atomic E-state index is 0.124. The molecule has 0 aliphatic carbocycles. The van der Waals surface area contributed by atoms with Crippen LogP contribution in [0.15, 0.2) is 78.5 Å². The molecule has 0 unspecified atom stereocenters. The lowest BCUT2D eigenvalue weighted by atomic mass is 10.1. The summed E-state index contributed by atoms with van der Waals surface area (Å²) in [4.78, 5) is 25.9. The van der Waals surface area contributed by atoms with Crippen molar-refractivity contribution in [3.05, 3.63) is 95.2 Å². The van der Waals surface area contributed by atoms with Crippen molar-refractivity contribution in [2.45, 2.75) is 20.8 Å². The normalized spacial score (nSPS) is 10.9. The summed E-state index contributed by atoms with van der Waals surface area (Å²) in [7, 11) is 0. The van der Waals surface area contributed by atoms with Gasteiger partial charge in [0.25, 0.3) is 11.8 Å². The minimum Gasteiger partial charge on any atom is -0.494 e. The number of rotatable bonds is 9. The van der Waals surface area contributed by atoms with E-state index in [1.807, 2.05) is 57.2 Å². The first kappa shape index (κ1) is 23.6. The van der Waals surface area contributed by atoms with E-state index in [9.17, 15) is 9.59 Å². The molecule has 3 rings (SSSR count). The summed E-state index contributed by atoms with van der Waals surface area (Å²) < 4.78 is 10.9. The van der Waals surface area contributed by atoms with Gasteiger partial charge in [-0.1, -0.05) is 29.8 Å². The van der Waals surface area contributed by atoms with Crippen LogP contribution in [0.2, 0.25) is 0 Å². The van der Waals surface area contributed by atoms with Crippen LogP contribution in [0.4, 0.5) is 5.69 Å². The number of amides is 2. The van der Waals surface area contributed by atoms with Gasteiger partial charge in [-0.2, -0.15) is 0 Å². The molecule has 6 heteroatoms. The van der Waals surface area contributed by atoms with E-state index in [1.54, 1.807) is 42.5 Å². The first-order chi connectivity index (χ1) is 16.0. The Bertz CT molecular complexity index is 1100. The zero-order valence-electron chi connectivity index (χ0n) is 19.1. The topological polar surface area (TPSA) is 76.7 Å². The highest BCUT2D eigenvalue weighted by Crippen LogP contribution is 2.18. The third-order valence-corrected chi connectivity index (χ3v) is 4.73. The van der Waals surface area contributed by atoms with Gasteiger partial charge in [0.2, 0.25) is 0 Å². The lowest BCUT2D eigenvalue weighted by Crippen LogP contribution is -2.30. The highest BCUT2D eigenvalue weighted by molar-refractivity contribution is 6.10. The second-order valence-electron chi connectivity index (χ2n) is 7.29. The third-order valence-electron chi connectivity index (χ3n) is 4.73. The molecule has 0 atom stereocenters. The van der Waals surface area contributed by atoms with Crippen molar-refractivity contribution in [1.82, 2.24) is 5.32 Å². The van der Waals surface area contributed by atoms with Crippen molar-refractivity contribution in [1.29, 1.82) is 0 Å². The Morgan fingerprint density at radius 2 is 1.33 bits per heavy atom. The Kier molecular flexibility index (Phi) is 8.24. The van der Waals surface area contributed by atoms with Gasteiger partial charge in [-0.05, 0) is 80.9 Å². The summed E-state index contributed by atoms with van der Waals surface area (Å²) in [6, 6.07) is 21.5. The fourth-order valence-corrected chi connectivity index (χ4v) is 3.05. The first-order valence-electron chi connectivity index (χ1n) is 10.8. The van der Waals surface area contributed by atoms with Gasteiger partial charge in [-0.3, -0.25) is 9.59 Å². The molecule has 33 heavy (non-hydrogen) atoms. The van der Waals surface area contributed by atoms with Crippen molar-refractivity contribution in [3.8, 4) is 11.5 Å². The monoisotopic (exact) mass is 444 g/mol. The maximum atomic E-state index is 13.1. The lowest BCUT2D eigenvalue weighted by molar-refractivity contribution is -0.113. The molecule has 0 saturated heterocycles. The Balaban J connectivity index is 1.83. The van der Waals surface area contributed by atoms with Gasteiger partial charge in [0, 0.05) is 11.3 Å². The van der Waals surface area contributed by atoms with Crippen LogP contribution in [0.25, 0.3) is 6.08 Å². The van der Waals surface area contributed by atoms with Crippen LogP contribution < -0.4 is 20.1 Å². The van der Waals surface area contributed by atoms with Gasteiger partial charge in [0.1, 0.15) is 17.2 Å². The fourth-order valence-electron chi connectivity index (χ4n) is 3.05. The van der Waals surface area contributed by atoms with E-state index in [-0.39, 0.29) is 11.6 Å². The van der Waals surface area contributed by atoms with Crippen molar-refractivity contribution in [2.75, 3.05) is 18.5 Å². The van der Waals surface area contributed by atoms with Crippen LogP contribution in [0.3, 0.4) is 0 Å². The molecule has 170 valence electrons. The fraction of sp³-hybridized carbons (Fsp3) is 0.185. The smallest absolute Gasteiger partial charge is 0.272 e. The molecule has 0 spiro atoms. The van der Waals surface area contributed by atoms with E-state index in [0.29, 0.717) is 30.2 Å². The molecule has 0 radical (unpaired) electrons. The van der Waals surface area contributed by atoms with Crippen LogP contribution in [0.5, 0.6) is 11.5 Å². The number of nitrogens with one attached hydrogen (secondary N) is 2. The van der Waals surface area contributed by atoms with Crippen LogP contribution in [0.1, 0.15) is 35.3 Å². The van der Waals surface area contributed by atoms with Gasteiger partial charge < -0.3 is 20.1 Å². The number of hydrogen-bond acceptors (Lipinski definition) is 4. The number of anilines is 1. The molecule has 2 N–H and O–H groups in total. The molecule has 0 aromatic heterocycles. The van der Waals surface area contributed by atoms with Gasteiger partial charge >= 0.3 is 0 Å². The van der Waals surface area contributed by atoms with E-state index in [2.05, 4.69) is 10.6 Å². The lowest BCUT2D eigenvalue weighted by Gasteiger charge is -2.12. The van der Waals surface area contributed by atoms with Gasteiger partial charge in [-0.15, -0.1) is 0 Å². The predicted octanol–water partition coefficient (Wildman–Crippen LogP) is 5.20. The molecule has 6 nitrogen and oxygen atoms in total. The average molecular weight is 445 g/mol. The van der Waals surface area contributed by atoms with E-state index in [0.717, 1.165) is 16.9 Å². The molecular weight excluding hydrogens is 416 g/mol. The van der Waals surface area contributed by atoms with Crippen molar-refractivity contribution in [2.24, 2.45) is 0 Å². The van der Waals surface area contributed by atoms with Gasteiger partial charge in [0.05, 0.1) is 13.2 Å². The molecule has 3 aromatic rings. The number of aryl methyl sites for hydroxylation is 1. The molecular formula is C27H28N2O4. The molecule has 0 heterocycles. The second-order valence-corrected chi connectivity index (χ2v) is 7.29. The number of ether oxygens (including phenoxy) is 2. The van der Waals surface area contributed by atoms with Crippen molar-refractivity contribution in [3.63, 3.8) is 0 Å². The van der Waals surface area contributed by atoms with E-state index in [4.69, 9.17) is 9.47 Å². The SMILES string of the molecule is CCOc1ccc(C=C(NC(=O)c2ccc(C)cc2)C(=O)Nc2ccc(OCC)cc2)cc1. The zero-order valence-corrected chi connectivity index (χ0v) is 19.1. The number of carbonyl (C=O) groups is 2. The quantitative estimate of drug-likeness (QED) is 0.445. The summed E-state index contributed by atoms with van der Waals surface area (Å²) in [5.41, 5.74) is 2.97. The van der Waals surface area contributed by atoms with Crippen LogP contribution in [-0.4, -0.2) is 25.0 Å². The minimum atomic E-state index is -0.437. The molecule has 2 amide bonds. The van der Waals surface area contributed by atoms with E-state index < -0.39 is 5.91 Å². The van der Waals surface area contributed by atoms with Crippen molar-refractivity contribution >= 4 is 23.6 Å². The molecule has 0 saturated carbocycles. The molecule has 0 aliphatic heterocycles. The molecule has 0 fully saturated rings. The molecule has 0 aliphatic rings. The summed E-state index contributed by atoms with van der Waals surface area (Å²) in [6.45, 7) is 6.90. The maximum Gasteiger partial charge on any atom is 0.272 e. The molecule has 3 aromatic carbocycles. The predicted molar refractivity (Wildman–Crippen MR) is 130 cm³/mol. The van der Waals surface area contributed by atoms with Crippen LogP contribution in [0, 0.1) is 6.92 Å². The van der Waals surface area contributed by atoms with E-state index >= 15 is 0 Å². The standard InChI is InChI=1S/C27H28N2O4/c1-4-32-23-14-8-20(9-15-23)18-25(29-26(30)21-10-6-19(3)7-11-21)27(31)28-22-12-16-24(17-13-22)33-5-2/h6-18H,4-5H2,1-3H3,(H,28,31)(H,29,30). The Labute approximate surface area is 194 Å². The Morgan fingerprint density at radius 3 is 1.88 bits per heavy atom. The summed E-state index contributed by atoms with van der Waals surface area (Å²) in [5.74, 6) is 0.648. The Morgan fingerprint density at radius 1 is 0.788 bits per heavy atom. The van der Waals surface area contributed by atoms with Crippen LogP contribution >= 0.6 is 0 Å². The van der Waals surface area contributed by atoms with Crippen molar-refractivity contribution < 1.29 is 19.1 Å². The first-order valence-corrected chi connectivity index (χ1v) is 10.8. The highest BCUT2D eigenvalue weighted by atomic mass is 16.5. The van der Waals surface area contributed by atoms with Gasteiger partial charge in [-0.25, -0.2) is 0 Å². The second kappa shape index (κ2) is 11.5. The average Bonchev–Trinajstić information content (AvgIpc) is 2.82. The third kappa shape index (κ3) is 6.97. The maximum absolute atomic E-state index is 13.1. The molecule has 0 bridgehead atoms. The largest absolute Gasteiger partial charge is 0.494 e. The zero-order chi connectivity index (χ0) is 23.6. The number of hydrogen-bond donors (Lipinski definition) is 2. The number of carbonyl (C=O) groups excluding carboxylic acids is 2. The van der Waals surface area contributed by atoms with E-state index in [1.165, 1.54) is 0 Å². The Hall–Kier alpha value is -4.06. The van der Waals surface area contributed by atoms with Gasteiger partial charge in [0.15, 0.2) is 0 Å². The summed E-state index contributed by atoms with van der Waals surface area (Å²) >= 11 is 0. The number of benzene rings is 3. The highest BCUT2D eigenvalue weighted by Gasteiger charge is 2.15.